The van der Waals surface area contributed by atoms with E-state index in [-0.39, 0.29) is 18.0 Å². The van der Waals surface area contributed by atoms with Gasteiger partial charge in [-0.3, -0.25) is 15.4 Å². The standard InChI is InChI=1S/C25H27N7O/c1-15-6-4-5-7-18(15)20-13-32(3)14-22(20)28-25(33)29-23-11-21-19(12-27-23)24(31-30-21)17-8-9-26-16(2)10-17/h4-12,20,22H,13-14H2,1-3H3,(H,30,31)(H2,27,28,29,33)/t20-,22+/m1/s1. The maximum absolute atomic E-state index is 12.8. The largest absolute Gasteiger partial charge is 0.333 e. The maximum atomic E-state index is 12.8. The number of H-pyrrole nitrogens is 1. The van der Waals surface area contributed by atoms with E-state index in [4.69, 9.17) is 0 Å². The lowest BCUT2D eigenvalue weighted by molar-refractivity contribution is 0.247. The Morgan fingerprint density at radius 1 is 1.12 bits per heavy atom. The molecular weight excluding hydrogens is 414 g/mol. The molecular formula is C25H27N7O. The number of nitrogens with zero attached hydrogens (tertiary/aromatic N) is 4. The molecule has 8 heteroatoms. The molecule has 0 saturated carbocycles. The number of aromatic nitrogens is 4. The molecule has 1 aromatic carbocycles. The summed E-state index contributed by atoms with van der Waals surface area (Å²) in [5.41, 5.74) is 6.05. The van der Waals surface area contributed by atoms with Crippen LogP contribution in [0.25, 0.3) is 22.2 Å². The lowest BCUT2D eigenvalue weighted by Crippen LogP contribution is -2.42. The summed E-state index contributed by atoms with van der Waals surface area (Å²) in [6.07, 6.45) is 3.50. The van der Waals surface area contributed by atoms with Crippen LogP contribution in [0.1, 0.15) is 22.7 Å². The highest BCUT2D eigenvalue weighted by molar-refractivity contribution is 5.95. The van der Waals surface area contributed by atoms with Gasteiger partial charge in [-0.15, -0.1) is 0 Å². The molecule has 1 saturated heterocycles. The smallest absolute Gasteiger partial charge is 0.320 e. The van der Waals surface area contributed by atoms with E-state index in [1.807, 2.05) is 25.1 Å². The van der Waals surface area contributed by atoms with Crippen molar-refractivity contribution in [2.45, 2.75) is 25.8 Å². The summed E-state index contributed by atoms with van der Waals surface area (Å²) in [5.74, 6) is 0.719. The van der Waals surface area contributed by atoms with Gasteiger partial charge in [-0.1, -0.05) is 24.3 Å². The van der Waals surface area contributed by atoms with Crippen molar-refractivity contribution in [2.75, 3.05) is 25.5 Å². The summed E-state index contributed by atoms with van der Waals surface area (Å²) < 4.78 is 0. The van der Waals surface area contributed by atoms with E-state index in [1.54, 1.807) is 18.5 Å². The summed E-state index contributed by atoms with van der Waals surface area (Å²) in [6.45, 7) is 5.78. The molecule has 3 aromatic heterocycles. The quantitative estimate of drug-likeness (QED) is 0.447. The van der Waals surface area contributed by atoms with Crippen LogP contribution >= 0.6 is 0 Å². The number of aromatic amines is 1. The van der Waals surface area contributed by atoms with Crippen LogP contribution in [0, 0.1) is 13.8 Å². The number of anilines is 1. The first kappa shape index (κ1) is 21.1. The van der Waals surface area contributed by atoms with Crippen LogP contribution in [0.5, 0.6) is 0 Å². The van der Waals surface area contributed by atoms with Crippen LogP contribution in [-0.2, 0) is 0 Å². The zero-order valence-corrected chi connectivity index (χ0v) is 19.0. The normalized spacial score (nSPS) is 18.5. The highest BCUT2D eigenvalue weighted by Gasteiger charge is 2.33. The van der Waals surface area contributed by atoms with Crippen molar-refractivity contribution in [1.82, 2.24) is 30.4 Å². The van der Waals surface area contributed by atoms with Crippen LogP contribution in [0.2, 0.25) is 0 Å². The first-order valence-electron chi connectivity index (χ1n) is 11.1. The number of rotatable bonds is 4. The Bertz CT molecular complexity index is 1320. The van der Waals surface area contributed by atoms with Gasteiger partial charge < -0.3 is 10.2 Å². The Labute approximate surface area is 192 Å². The third-order valence-corrected chi connectivity index (χ3v) is 6.27. The first-order chi connectivity index (χ1) is 16.0. The number of nitrogens with one attached hydrogen (secondary N) is 3. The number of pyridine rings is 2. The number of carbonyl (C=O) groups is 1. The third kappa shape index (κ3) is 4.29. The van der Waals surface area contributed by atoms with Crippen molar-refractivity contribution in [1.29, 1.82) is 0 Å². The van der Waals surface area contributed by atoms with Crippen LogP contribution in [0.3, 0.4) is 0 Å². The molecule has 0 unspecified atom stereocenters. The SMILES string of the molecule is Cc1cc(-c2n[nH]c3cc(NC(=O)N[C@H]4CN(C)C[C@@H]4c4ccccc4C)ncc23)ccn1. The van der Waals surface area contributed by atoms with Gasteiger partial charge in [0.1, 0.15) is 11.5 Å². The molecule has 3 N–H and O–H groups in total. The fourth-order valence-corrected chi connectivity index (χ4v) is 4.68. The molecule has 2 atom stereocenters. The zero-order valence-electron chi connectivity index (χ0n) is 19.0. The van der Waals surface area contributed by atoms with E-state index in [9.17, 15) is 4.79 Å². The van der Waals surface area contributed by atoms with Gasteiger partial charge >= 0.3 is 6.03 Å². The Morgan fingerprint density at radius 2 is 1.97 bits per heavy atom. The highest BCUT2D eigenvalue weighted by Crippen LogP contribution is 2.30. The summed E-state index contributed by atoms with van der Waals surface area (Å²) in [4.78, 5) is 23.8. The monoisotopic (exact) mass is 441 g/mol. The van der Waals surface area contributed by atoms with Gasteiger partial charge in [0.25, 0.3) is 0 Å². The van der Waals surface area contributed by atoms with Gasteiger partial charge in [0.2, 0.25) is 0 Å². The molecule has 168 valence electrons. The third-order valence-electron chi connectivity index (χ3n) is 6.27. The van der Waals surface area contributed by atoms with Gasteiger partial charge in [-0.05, 0) is 44.2 Å². The molecule has 0 bridgehead atoms. The molecule has 2 amide bonds. The Balaban J connectivity index is 1.31. The van der Waals surface area contributed by atoms with Crippen molar-refractivity contribution in [2.24, 2.45) is 0 Å². The minimum atomic E-state index is -0.259. The molecule has 4 heterocycles. The summed E-state index contributed by atoms with van der Waals surface area (Å²) >= 11 is 0. The number of likely N-dealkylation sites (N-methyl/N-ethyl adjacent to an activating group) is 1. The summed E-state index contributed by atoms with van der Waals surface area (Å²) in [5, 5.41) is 14.4. The van der Waals surface area contributed by atoms with E-state index in [1.165, 1.54) is 11.1 Å². The number of hydrogen-bond donors (Lipinski definition) is 3. The second kappa shape index (κ2) is 8.63. The number of amides is 2. The van der Waals surface area contributed by atoms with E-state index in [0.29, 0.717) is 5.82 Å². The van der Waals surface area contributed by atoms with Crippen LogP contribution in [0.4, 0.5) is 10.6 Å². The van der Waals surface area contributed by atoms with E-state index < -0.39 is 0 Å². The molecule has 0 radical (unpaired) electrons. The van der Waals surface area contributed by atoms with Gasteiger partial charge in [0.15, 0.2) is 0 Å². The molecule has 1 fully saturated rings. The summed E-state index contributed by atoms with van der Waals surface area (Å²) in [6, 6.07) is 13.9. The fourth-order valence-electron chi connectivity index (χ4n) is 4.68. The minimum absolute atomic E-state index is 0.0218. The van der Waals surface area contributed by atoms with E-state index >= 15 is 0 Å². The fraction of sp³-hybridized carbons (Fsp3) is 0.280. The van der Waals surface area contributed by atoms with Gasteiger partial charge in [0.05, 0.1) is 11.6 Å². The molecule has 1 aliphatic heterocycles. The molecule has 1 aliphatic rings. The van der Waals surface area contributed by atoms with Gasteiger partial charge in [0, 0.05) is 54.1 Å². The molecule has 8 nitrogen and oxygen atoms in total. The predicted molar refractivity (Wildman–Crippen MR) is 129 cm³/mol. The second-order valence-corrected chi connectivity index (χ2v) is 8.76. The number of fused-ring (bicyclic) bond motifs is 1. The predicted octanol–water partition coefficient (Wildman–Crippen LogP) is 3.86. The molecule has 5 rings (SSSR count). The maximum Gasteiger partial charge on any atom is 0.320 e. The van der Waals surface area contributed by atoms with Crippen LogP contribution < -0.4 is 10.6 Å². The zero-order chi connectivity index (χ0) is 22.9. The number of hydrogen-bond acceptors (Lipinski definition) is 5. The van der Waals surface area contributed by atoms with Crippen molar-refractivity contribution in [3.05, 3.63) is 71.7 Å². The van der Waals surface area contributed by atoms with Crippen molar-refractivity contribution >= 4 is 22.8 Å². The Morgan fingerprint density at radius 3 is 2.79 bits per heavy atom. The number of aryl methyl sites for hydroxylation is 2. The van der Waals surface area contributed by atoms with E-state index in [2.05, 4.69) is 67.9 Å². The number of carbonyl (C=O) groups excluding carboxylic acids is 1. The van der Waals surface area contributed by atoms with Crippen molar-refractivity contribution in [3.8, 4) is 11.3 Å². The number of likely N-dealkylation sites (tertiary alicyclic amines) is 1. The molecule has 33 heavy (non-hydrogen) atoms. The molecule has 0 aliphatic carbocycles. The summed E-state index contributed by atoms with van der Waals surface area (Å²) in [7, 11) is 2.08. The van der Waals surface area contributed by atoms with Crippen molar-refractivity contribution in [3.63, 3.8) is 0 Å². The lowest BCUT2D eigenvalue weighted by Gasteiger charge is -2.22. The molecule has 4 aromatic rings. The number of benzene rings is 1. The van der Waals surface area contributed by atoms with Crippen LogP contribution in [-0.4, -0.2) is 57.3 Å². The van der Waals surface area contributed by atoms with Crippen molar-refractivity contribution < 1.29 is 4.79 Å². The van der Waals surface area contributed by atoms with E-state index in [0.717, 1.165) is 40.9 Å². The Kier molecular flexibility index (Phi) is 5.51. The number of urea groups is 1. The lowest BCUT2D eigenvalue weighted by atomic mass is 9.91. The first-order valence-corrected chi connectivity index (χ1v) is 11.1. The average molecular weight is 442 g/mol. The Hall–Kier alpha value is -3.78. The van der Waals surface area contributed by atoms with Crippen LogP contribution in [0.15, 0.2) is 54.9 Å². The van der Waals surface area contributed by atoms with Gasteiger partial charge in [-0.2, -0.15) is 5.10 Å². The topological polar surface area (TPSA) is 98.8 Å². The van der Waals surface area contributed by atoms with Gasteiger partial charge in [-0.25, -0.2) is 9.78 Å². The average Bonchev–Trinajstić information content (AvgIpc) is 3.37. The minimum Gasteiger partial charge on any atom is -0.333 e. The highest BCUT2D eigenvalue weighted by atomic mass is 16.2. The second-order valence-electron chi connectivity index (χ2n) is 8.76. The molecule has 0 spiro atoms.